The summed E-state index contributed by atoms with van der Waals surface area (Å²) in [5.74, 6) is 0.0894. The molecule has 2 unspecified atom stereocenters. The molecule has 0 saturated carbocycles. The van der Waals surface area contributed by atoms with Crippen LogP contribution in [0.25, 0.3) is 0 Å². The summed E-state index contributed by atoms with van der Waals surface area (Å²) < 4.78 is 5.46. The van der Waals surface area contributed by atoms with Gasteiger partial charge in [-0.1, -0.05) is 11.3 Å². The maximum absolute atomic E-state index is 12.3. The van der Waals surface area contributed by atoms with E-state index in [-0.39, 0.29) is 18.6 Å². The molecular formula is C17H26N4O2S. The van der Waals surface area contributed by atoms with E-state index in [1.54, 1.807) is 11.3 Å². The van der Waals surface area contributed by atoms with E-state index < -0.39 is 0 Å². The minimum Gasteiger partial charge on any atom is -0.369 e. The number of hydrogen-bond acceptors (Lipinski definition) is 6. The summed E-state index contributed by atoms with van der Waals surface area (Å²) in [5.41, 5.74) is 1.20. The van der Waals surface area contributed by atoms with E-state index in [0.717, 1.165) is 26.1 Å². The molecule has 6 nitrogen and oxygen atoms in total. The van der Waals surface area contributed by atoms with Crippen molar-refractivity contribution in [3.05, 3.63) is 10.6 Å². The van der Waals surface area contributed by atoms with Crippen LogP contribution in [0.1, 0.15) is 37.3 Å². The van der Waals surface area contributed by atoms with E-state index in [0.29, 0.717) is 18.6 Å². The SMILES string of the molecule is CC(C)OCC(=O)N1CCc2nc(N3C4CCC3CNC4)sc2C1. The van der Waals surface area contributed by atoms with Gasteiger partial charge in [0.25, 0.3) is 0 Å². The molecule has 4 rings (SSSR count). The largest absolute Gasteiger partial charge is 0.369 e. The molecular weight excluding hydrogens is 324 g/mol. The summed E-state index contributed by atoms with van der Waals surface area (Å²) in [4.78, 5) is 22.9. The third-order valence-corrected chi connectivity index (χ3v) is 6.31. The summed E-state index contributed by atoms with van der Waals surface area (Å²) in [6.45, 7) is 7.67. The highest BCUT2D eigenvalue weighted by Gasteiger charge is 2.39. The Kier molecular flexibility index (Phi) is 4.49. The second kappa shape index (κ2) is 6.61. The van der Waals surface area contributed by atoms with Crippen LogP contribution in [0.4, 0.5) is 5.13 Å². The van der Waals surface area contributed by atoms with Crippen molar-refractivity contribution in [2.24, 2.45) is 0 Å². The Labute approximate surface area is 147 Å². The van der Waals surface area contributed by atoms with Gasteiger partial charge in [-0.25, -0.2) is 4.98 Å². The van der Waals surface area contributed by atoms with Crippen molar-refractivity contribution in [2.45, 2.75) is 57.8 Å². The van der Waals surface area contributed by atoms with Crippen molar-refractivity contribution in [3.8, 4) is 0 Å². The van der Waals surface area contributed by atoms with Gasteiger partial charge in [-0.2, -0.15) is 0 Å². The smallest absolute Gasteiger partial charge is 0.248 e. The molecule has 2 atom stereocenters. The number of piperazine rings is 1. The molecule has 0 radical (unpaired) electrons. The van der Waals surface area contributed by atoms with Crippen molar-refractivity contribution in [1.82, 2.24) is 15.2 Å². The van der Waals surface area contributed by atoms with E-state index >= 15 is 0 Å². The molecule has 4 heterocycles. The number of rotatable bonds is 4. The van der Waals surface area contributed by atoms with Gasteiger partial charge in [0.15, 0.2) is 5.13 Å². The van der Waals surface area contributed by atoms with Crippen molar-refractivity contribution < 1.29 is 9.53 Å². The Morgan fingerprint density at radius 2 is 2.12 bits per heavy atom. The van der Waals surface area contributed by atoms with Gasteiger partial charge in [0, 0.05) is 43.0 Å². The Hall–Kier alpha value is -1.18. The van der Waals surface area contributed by atoms with Gasteiger partial charge in [-0.05, 0) is 26.7 Å². The Bertz CT molecular complexity index is 602. The lowest BCUT2D eigenvalue weighted by Gasteiger charge is -2.35. The molecule has 2 fully saturated rings. The number of amides is 1. The first-order valence-electron chi connectivity index (χ1n) is 8.99. The van der Waals surface area contributed by atoms with Gasteiger partial charge in [0.1, 0.15) is 6.61 Å². The molecule has 24 heavy (non-hydrogen) atoms. The second-order valence-corrected chi connectivity index (χ2v) is 8.30. The fourth-order valence-electron chi connectivity index (χ4n) is 3.93. The lowest BCUT2D eigenvalue weighted by atomic mass is 10.2. The number of carbonyl (C=O) groups is 1. The van der Waals surface area contributed by atoms with Crippen LogP contribution >= 0.6 is 11.3 Å². The average Bonchev–Trinajstić information content (AvgIpc) is 3.09. The molecule has 1 N–H and O–H groups in total. The molecule has 3 aliphatic heterocycles. The molecule has 0 spiro atoms. The predicted octanol–water partition coefficient (Wildman–Crippen LogP) is 1.39. The van der Waals surface area contributed by atoms with E-state index in [1.165, 1.54) is 28.5 Å². The third kappa shape index (κ3) is 3.05. The highest BCUT2D eigenvalue weighted by molar-refractivity contribution is 7.15. The van der Waals surface area contributed by atoms with Crippen LogP contribution in [0.3, 0.4) is 0 Å². The Morgan fingerprint density at radius 3 is 2.83 bits per heavy atom. The zero-order valence-corrected chi connectivity index (χ0v) is 15.3. The summed E-state index contributed by atoms with van der Waals surface area (Å²) in [6, 6.07) is 1.18. The van der Waals surface area contributed by atoms with Gasteiger partial charge in [-0.15, -0.1) is 0 Å². The van der Waals surface area contributed by atoms with E-state index in [1.807, 2.05) is 18.7 Å². The maximum Gasteiger partial charge on any atom is 0.248 e. The molecule has 7 heteroatoms. The van der Waals surface area contributed by atoms with Gasteiger partial charge in [0.05, 0.1) is 18.3 Å². The predicted molar refractivity (Wildman–Crippen MR) is 94.5 cm³/mol. The maximum atomic E-state index is 12.3. The highest BCUT2D eigenvalue weighted by atomic mass is 32.1. The highest BCUT2D eigenvalue weighted by Crippen LogP contribution is 2.37. The zero-order chi connectivity index (χ0) is 16.7. The molecule has 1 aromatic rings. The van der Waals surface area contributed by atoms with Gasteiger partial charge >= 0.3 is 0 Å². The summed E-state index contributed by atoms with van der Waals surface area (Å²) >= 11 is 1.79. The van der Waals surface area contributed by atoms with Crippen molar-refractivity contribution in [3.63, 3.8) is 0 Å². The van der Waals surface area contributed by atoms with Crippen LogP contribution in [-0.4, -0.2) is 60.2 Å². The number of aromatic nitrogens is 1. The first-order chi connectivity index (χ1) is 11.6. The first kappa shape index (κ1) is 16.3. The van der Waals surface area contributed by atoms with Gasteiger partial charge in [-0.3, -0.25) is 4.79 Å². The van der Waals surface area contributed by atoms with Crippen LogP contribution in [0, 0.1) is 0 Å². The van der Waals surface area contributed by atoms with Crippen LogP contribution in [0.2, 0.25) is 0 Å². The minimum absolute atomic E-state index is 0.0894. The summed E-state index contributed by atoms with van der Waals surface area (Å²) in [6.07, 6.45) is 3.48. The zero-order valence-electron chi connectivity index (χ0n) is 14.5. The lowest BCUT2D eigenvalue weighted by molar-refractivity contribution is -0.138. The minimum atomic E-state index is 0.0894. The average molecular weight is 350 g/mol. The summed E-state index contributed by atoms with van der Waals surface area (Å²) in [7, 11) is 0. The Balaban J connectivity index is 1.45. The number of carbonyl (C=O) groups excluding carboxylic acids is 1. The van der Waals surface area contributed by atoms with Crippen molar-refractivity contribution >= 4 is 22.4 Å². The molecule has 132 valence electrons. The number of anilines is 1. The number of nitrogens with one attached hydrogen (secondary N) is 1. The number of hydrogen-bond donors (Lipinski definition) is 1. The van der Waals surface area contributed by atoms with Crippen LogP contribution in [0.15, 0.2) is 0 Å². The standard InChI is InChI=1S/C17H26N4O2S/c1-11(2)23-10-16(22)20-6-5-14-15(9-20)24-17(19-14)21-12-3-4-13(21)8-18-7-12/h11-13,18H,3-10H2,1-2H3. The number of thiazole rings is 1. The van der Waals surface area contributed by atoms with E-state index in [2.05, 4.69) is 10.2 Å². The van der Waals surface area contributed by atoms with E-state index in [4.69, 9.17) is 9.72 Å². The van der Waals surface area contributed by atoms with Crippen molar-refractivity contribution in [2.75, 3.05) is 31.1 Å². The molecule has 2 saturated heterocycles. The molecule has 3 aliphatic rings. The van der Waals surface area contributed by atoms with Crippen LogP contribution in [0.5, 0.6) is 0 Å². The molecule has 1 aromatic heterocycles. The third-order valence-electron chi connectivity index (χ3n) is 5.21. The fourth-order valence-corrected chi connectivity index (χ4v) is 5.19. The number of ether oxygens (including phenoxy) is 1. The number of nitrogens with zero attached hydrogens (tertiary/aromatic N) is 3. The van der Waals surface area contributed by atoms with Gasteiger partial charge < -0.3 is 19.9 Å². The quantitative estimate of drug-likeness (QED) is 0.889. The fraction of sp³-hybridized carbons (Fsp3) is 0.765. The summed E-state index contributed by atoms with van der Waals surface area (Å²) in [5, 5.41) is 4.69. The second-order valence-electron chi connectivity index (χ2n) is 7.24. The van der Waals surface area contributed by atoms with Gasteiger partial charge in [0.2, 0.25) is 5.91 Å². The molecule has 2 bridgehead atoms. The normalized spacial score (nSPS) is 26.1. The van der Waals surface area contributed by atoms with E-state index in [9.17, 15) is 4.79 Å². The van der Waals surface area contributed by atoms with Crippen LogP contribution in [-0.2, 0) is 22.5 Å². The molecule has 1 amide bonds. The lowest BCUT2D eigenvalue weighted by Crippen LogP contribution is -2.51. The topological polar surface area (TPSA) is 57.7 Å². The molecule has 0 aliphatic carbocycles. The number of fused-ring (bicyclic) bond motifs is 3. The Morgan fingerprint density at radius 1 is 1.38 bits per heavy atom. The monoisotopic (exact) mass is 350 g/mol. The van der Waals surface area contributed by atoms with Crippen molar-refractivity contribution in [1.29, 1.82) is 0 Å². The first-order valence-corrected chi connectivity index (χ1v) is 9.80. The molecule has 0 aromatic carbocycles. The van der Waals surface area contributed by atoms with Crippen LogP contribution < -0.4 is 10.2 Å².